The number of aliphatic imine (C=N–C) groups is 1. The highest BCUT2D eigenvalue weighted by Gasteiger charge is 2.16. The van der Waals surface area contributed by atoms with Crippen molar-refractivity contribution in [2.24, 2.45) is 16.1 Å². The third kappa shape index (κ3) is 3.47. The van der Waals surface area contributed by atoms with Gasteiger partial charge in [-0.2, -0.15) is 5.26 Å². The van der Waals surface area contributed by atoms with Crippen LogP contribution in [0.5, 0.6) is 0 Å². The highest BCUT2D eigenvalue weighted by molar-refractivity contribution is 5.92. The lowest BCUT2D eigenvalue weighted by atomic mass is 9.96. The molecule has 3 N–H and O–H groups in total. The van der Waals surface area contributed by atoms with Crippen LogP contribution in [0.3, 0.4) is 0 Å². The normalized spacial score (nSPS) is 14.9. The van der Waals surface area contributed by atoms with Gasteiger partial charge in [-0.15, -0.1) is 0 Å². The van der Waals surface area contributed by atoms with Crippen molar-refractivity contribution < 1.29 is 0 Å². The summed E-state index contributed by atoms with van der Waals surface area (Å²) in [7, 11) is 0. The van der Waals surface area contributed by atoms with Gasteiger partial charge < -0.3 is 11.1 Å². The lowest BCUT2D eigenvalue weighted by molar-refractivity contribution is 0.512. The van der Waals surface area contributed by atoms with Gasteiger partial charge in [0.2, 0.25) is 0 Å². The first-order valence-electron chi connectivity index (χ1n) is 6.60. The van der Waals surface area contributed by atoms with Gasteiger partial charge in [0.25, 0.3) is 0 Å². The number of benzene rings is 1. The third-order valence-electron chi connectivity index (χ3n) is 3.32. The van der Waals surface area contributed by atoms with Crippen LogP contribution in [-0.4, -0.2) is 12.5 Å². The number of guanidine groups is 1. The number of nitrogens with zero attached hydrogens (tertiary/aromatic N) is 2. The van der Waals surface area contributed by atoms with E-state index >= 15 is 0 Å². The topological polar surface area (TPSA) is 74.2 Å². The number of nitrogens with one attached hydrogen (secondary N) is 1. The average Bonchev–Trinajstić information content (AvgIpc) is 2.84. The Bertz CT molecular complexity index is 538. The van der Waals surface area contributed by atoms with E-state index in [1.807, 2.05) is 19.9 Å². The number of anilines is 1. The van der Waals surface area contributed by atoms with Crippen molar-refractivity contribution in [2.45, 2.75) is 33.1 Å². The van der Waals surface area contributed by atoms with Crippen molar-refractivity contribution in [2.75, 3.05) is 11.9 Å². The first-order chi connectivity index (χ1) is 9.00. The van der Waals surface area contributed by atoms with E-state index in [9.17, 15) is 0 Å². The fourth-order valence-corrected chi connectivity index (χ4v) is 2.16. The summed E-state index contributed by atoms with van der Waals surface area (Å²) >= 11 is 0. The summed E-state index contributed by atoms with van der Waals surface area (Å²) in [5, 5.41) is 12.0. The Morgan fingerprint density at radius 2 is 2.16 bits per heavy atom. The highest BCUT2D eigenvalue weighted by Crippen LogP contribution is 2.24. The van der Waals surface area contributed by atoms with Gasteiger partial charge in [0.05, 0.1) is 18.0 Å². The standard InChI is InChI=1S/C15H20N4/c1-15(2,9-16)10-18-14(17)19-13-7-6-11-4-3-5-12(11)8-13/h6-8H,3-5,10H2,1-2H3,(H3,17,18,19). The molecule has 4 nitrogen and oxygen atoms in total. The van der Waals surface area contributed by atoms with E-state index in [-0.39, 0.29) is 0 Å². The molecule has 0 aromatic heterocycles. The Balaban J connectivity index is 2.01. The lowest BCUT2D eigenvalue weighted by Crippen LogP contribution is -2.25. The molecule has 0 bridgehead atoms. The highest BCUT2D eigenvalue weighted by atomic mass is 15.1. The van der Waals surface area contributed by atoms with Crippen LogP contribution in [0.15, 0.2) is 23.2 Å². The molecule has 0 saturated heterocycles. The van der Waals surface area contributed by atoms with Crippen LogP contribution in [0.4, 0.5) is 5.69 Å². The van der Waals surface area contributed by atoms with Gasteiger partial charge in [-0.1, -0.05) is 6.07 Å². The molecule has 1 aliphatic rings. The molecule has 19 heavy (non-hydrogen) atoms. The summed E-state index contributed by atoms with van der Waals surface area (Å²) in [5.41, 5.74) is 9.16. The quantitative estimate of drug-likeness (QED) is 0.644. The second-order valence-electron chi connectivity index (χ2n) is 5.66. The van der Waals surface area contributed by atoms with Crippen molar-refractivity contribution >= 4 is 11.6 Å². The minimum atomic E-state index is -0.482. The minimum absolute atomic E-state index is 0.362. The summed E-state index contributed by atoms with van der Waals surface area (Å²) in [6, 6.07) is 8.52. The largest absolute Gasteiger partial charge is 0.370 e. The van der Waals surface area contributed by atoms with Crippen molar-refractivity contribution in [3.63, 3.8) is 0 Å². The number of rotatable bonds is 3. The van der Waals surface area contributed by atoms with E-state index in [1.165, 1.54) is 24.0 Å². The van der Waals surface area contributed by atoms with E-state index in [0.717, 1.165) is 12.1 Å². The van der Waals surface area contributed by atoms with Gasteiger partial charge in [0.15, 0.2) is 5.96 Å². The van der Waals surface area contributed by atoms with Crippen LogP contribution in [-0.2, 0) is 12.8 Å². The van der Waals surface area contributed by atoms with Crippen molar-refractivity contribution in [3.8, 4) is 6.07 Å². The average molecular weight is 256 g/mol. The number of nitriles is 1. The first-order valence-corrected chi connectivity index (χ1v) is 6.60. The van der Waals surface area contributed by atoms with Crippen molar-refractivity contribution in [1.82, 2.24) is 0 Å². The molecule has 2 rings (SSSR count). The maximum Gasteiger partial charge on any atom is 0.193 e. The van der Waals surface area contributed by atoms with Gasteiger partial charge >= 0.3 is 0 Å². The molecule has 0 heterocycles. The molecule has 0 radical (unpaired) electrons. The molecule has 0 unspecified atom stereocenters. The van der Waals surface area contributed by atoms with E-state index in [4.69, 9.17) is 11.0 Å². The summed E-state index contributed by atoms with van der Waals surface area (Å²) in [6.45, 7) is 4.09. The molecule has 4 heteroatoms. The second-order valence-corrected chi connectivity index (χ2v) is 5.66. The minimum Gasteiger partial charge on any atom is -0.370 e. The Morgan fingerprint density at radius 1 is 1.42 bits per heavy atom. The maximum atomic E-state index is 8.92. The van der Waals surface area contributed by atoms with E-state index in [1.54, 1.807) is 0 Å². The summed E-state index contributed by atoms with van der Waals surface area (Å²) in [6.07, 6.45) is 3.55. The van der Waals surface area contributed by atoms with Gasteiger partial charge in [0.1, 0.15) is 0 Å². The molecule has 1 aliphatic carbocycles. The van der Waals surface area contributed by atoms with Gasteiger partial charge in [-0.25, -0.2) is 0 Å². The molecule has 0 saturated carbocycles. The van der Waals surface area contributed by atoms with E-state index in [2.05, 4.69) is 28.5 Å². The SMILES string of the molecule is CC(C)(C#N)CN=C(N)Nc1ccc2c(c1)CCC2. The summed E-state index contributed by atoms with van der Waals surface area (Å²) in [4.78, 5) is 4.22. The molecule has 0 spiro atoms. The first kappa shape index (κ1) is 13.4. The Kier molecular flexibility index (Phi) is 3.75. The van der Waals surface area contributed by atoms with Crippen molar-refractivity contribution in [3.05, 3.63) is 29.3 Å². The van der Waals surface area contributed by atoms with Crippen LogP contribution in [0.1, 0.15) is 31.4 Å². The van der Waals surface area contributed by atoms with E-state index < -0.39 is 5.41 Å². The van der Waals surface area contributed by atoms with E-state index in [0.29, 0.717) is 12.5 Å². The monoisotopic (exact) mass is 256 g/mol. The molecule has 0 amide bonds. The predicted molar refractivity (Wildman–Crippen MR) is 78.0 cm³/mol. The Labute approximate surface area is 114 Å². The number of fused-ring (bicyclic) bond motifs is 1. The number of hydrogen-bond acceptors (Lipinski definition) is 2. The van der Waals surface area contributed by atoms with Crippen LogP contribution < -0.4 is 11.1 Å². The summed E-state index contributed by atoms with van der Waals surface area (Å²) in [5.74, 6) is 0.362. The second kappa shape index (κ2) is 5.31. The third-order valence-corrected chi connectivity index (χ3v) is 3.32. The fourth-order valence-electron chi connectivity index (χ4n) is 2.16. The zero-order chi connectivity index (χ0) is 13.9. The molecule has 1 aromatic rings. The van der Waals surface area contributed by atoms with Crippen LogP contribution in [0.25, 0.3) is 0 Å². The number of nitrogens with two attached hydrogens (primary N) is 1. The van der Waals surface area contributed by atoms with Gasteiger partial charge in [-0.05, 0) is 56.4 Å². The number of hydrogen-bond donors (Lipinski definition) is 2. The zero-order valence-corrected chi connectivity index (χ0v) is 11.5. The van der Waals surface area contributed by atoms with Crippen LogP contribution >= 0.6 is 0 Å². The van der Waals surface area contributed by atoms with Crippen LogP contribution in [0, 0.1) is 16.7 Å². The van der Waals surface area contributed by atoms with Gasteiger partial charge in [0, 0.05) is 5.69 Å². The Hall–Kier alpha value is -2.02. The lowest BCUT2D eigenvalue weighted by Gasteiger charge is -2.13. The molecule has 0 aliphatic heterocycles. The molecular weight excluding hydrogens is 236 g/mol. The predicted octanol–water partition coefficient (Wildman–Crippen LogP) is 2.45. The molecule has 100 valence electrons. The molecule has 0 atom stereocenters. The fraction of sp³-hybridized carbons (Fsp3) is 0.467. The van der Waals surface area contributed by atoms with Gasteiger partial charge in [-0.3, -0.25) is 4.99 Å². The smallest absolute Gasteiger partial charge is 0.193 e. The Morgan fingerprint density at radius 3 is 2.89 bits per heavy atom. The van der Waals surface area contributed by atoms with Crippen molar-refractivity contribution in [1.29, 1.82) is 5.26 Å². The number of aryl methyl sites for hydroxylation is 2. The van der Waals surface area contributed by atoms with Crippen LogP contribution in [0.2, 0.25) is 0 Å². The molecular formula is C15H20N4. The summed E-state index contributed by atoms with van der Waals surface area (Å²) < 4.78 is 0. The maximum absolute atomic E-state index is 8.92. The molecule has 1 aromatic carbocycles. The zero-order valence-electron chi connectivity index (χ0n) is 11.5. The molecule has 0 fully saturated rings.